The minimum atomic E-state index is -0.619. The van der Waals surface area contributed by atoms with Crippen molar-refractivity contribution in [3.8, 4) is 23.0 Å². The third-order valence-electron chi connectivity index (χ3n) is 6.60. The summed E-state index contributed by atoms with van der Waals surface area (Å²) in [6.45, 7) is 2.03. The fourth-order valence-electron chi connectivity index (χ4n) is 4.55. The molecule has 3 aromatic carbocycles. The molecule has 0 bridgehead atoms. The van der Waals surface area contributed by atoms with Crippen LogP contribution in [0.2, 0.25) is 10.0 Å². The summed E-state index contributed by atoms with van der Waals surface area (Å²) in [5, 5.41) is 11.6. The van der Waals surface area contributed by atoms with E-state index in [0.29, 0.717) is 55.9 Å². The van der Waals surface area contributed by atoms with Crippen LogP contribution in [0.5, 0.6) is 23.0 Å². The van der Waals surface area contributed by atoms with E-state index in [1.807, 2.05) is 25.1 Å². The minimum absolute atomic E-state index is 0.211. The lowest BCUT2D eigenvalue weighted by atomic mass is 9.94. The molecule has 0 aliphatic carbocycles. The molecule has 1 atom stereocenters. The number of methoxy groups -OCH3 is 3. The Morgan fingerprint density at radius 1 is 0.976 bits per heavy atom. The molecular formula is C29H27Cl2N5O5. The van der Waals surface area contributed by atoms with Gasteiger partial charge in [-0.1, -0.05) is 35.3 Å². The van der Waals surface area contributed by atoms with E-state index in [0.717, 1.165) is 11.1 Å². The van der Waals surface area contributed by atoms with Crippen molar-refractivity contribution in [3.63, 3.8) is 0 Å². The summed E-state index contributed by atoms with van der Waals surface area (Å²) in [5.74, 6) is 2.20. The number of carbonyl (C=O) groups excluding carboxylic acids is 1. The van der Waals surface area contributed by atoms with E-state index in [1.54, 1.807) is 55.3 Å². The lowest BCUT2D eigenvalue weighted by Gasteiger charge is -2.29. The molecule has 1 aliphatic heterocycles. The number of amides is 1. The molecule has 41 heavy (non-hydrogen) atoms. The molecule has 0 saturated heterocycles. The van der Waals surface area contributed by atoms with Crippen molar-refractivity contribution in [1.29, 1.82) is 0 Å². The number of allylic oxidation sites excluding steroid dienone is 1. The molecule has 1 aromatic heterocycles. The quantitative estimate of drug-likeness (QED) is 0.238. The van der Waals surface area contributed by atoms with Crippen LogP contribution < -0.4 is 29.6 Å². The molecule has 2 heterocycles. The van der Waals surface area contributed by atoms with Gasteiger partial charge in [-0.25, -0.2) is 4.68 Å². The first-order valence-electron chi connectivity index (χ1n) is 12.5. The average molecular weight is 596 g/mol. The van der Waals surface area contributed by atoms with Crippen molar-refractivity contribution >= 4 is 40.7 Å². The number of ether oxygens (including phenoxy) is 4. The molecule has 0 radical (unpaired) electrons. The van der Waals surface area contributed by atoms with Gasteiger partial charge in [0.25, 0.3) is 5.91 Å². The number of rotatable bonds is 9. The molecule has 0 spiro atoms. The summed E-state index contributed by atoms with van der Waals surface area (Å²) in [6, 6.07) is 15.2. The molecule has 12 heteroatoms. The van der Waals surface area contributed by atoms with Gasteiger partial charge in [-0.15, -0.1) is 0 Å². The Balaban J connectivity index is 1.47. The lowest BCUT2D eigenvalue weighted by molar-refractivity contribution is -0.113. The second kappa shape index (κ2) is 12.0. The van der Waals surface area contributed by atoms with Crippen LogP contribution in [-0.2, 0) is 11.4 Å². The number of hydrogen-bond donors (Lipinski definition) is 2. The van der Waals surface area contributed by atoms with Crippen LogP contribution in [0.3, 0.4) is 0 Å². The maximum Gasteiger partial charge on any atom is 0.255 e. The van der Waals surface area contributed by atoms with Crippen LogP contribution in [0.15, 0.2) is 72.2 Å². The second-order valence-electron chi connectivity index (χ2n) is 9.05. The molecule has 10 nitrogen and oxygen atoms in total. The molecule has 212 valence electrons. The first kappa shape index (κ1) is 28.1. The average Bonchev–Trinajstić information content (AvgIpc) is 3.44. The summed E-state index contributed by atoms with van der Waals surface area (Å²) in [4.78, 5) is 18.1. The summed E-state index contributed by atoms with van der Waals surface area (Å²) in [6.07, 6.45) is 1.43. The van der Waals surface area contributed by atoms with E-state index in [2.05, 4.69) is 20.7 Å². The van der Waals surface area contributed by atoms with Crippen molar-refractivity contribution in [3.05, 3.63) is 93.4 Å². The Kier molecular flexibility index (Phi) is 8.23. The molecule has 5 rings (SSSR count). The number of carbonyl (C=O) groups is 1. The maximum absolute atomic E-state index is 13.8. The highest BCUT2D eigenvalue weighted by atomic mass is 35.5. The number of hydrogen-bond acceptors (Lipinski definition) is 8. The number of nitrogens with one attached hydrogen (secondary N) is 2. The van der Waals surface area contributed by atoms with E-state index in [4.69, 9.17) is 42.1 Å². The number of benzene rings is 3. The first-order chi connectivity index (χ1) is 19.8. The zero-order valence-corrected chi connectivity index (χ0v) is 24.2. The van der Waals surface area contributed by atoms with Crippen molar-refractivity contribution < 1.29 is 23.7 Å². The number of fused-ring (bicyclic) bond motifs is 1. The highest BCUT2D eigenvalue weighted by molar-refractivity contribution is 6.35. The standard InChI is InChI=1S/C29H27Cl2N5O5/c1-16-26(28(37)35-22-9-8-20(38-2)13-24(22)39-3)27(36-29(34-16)32-15-33-36)17-6-10-23(25(11-17)40-4)41-14-18-5-7-19(30)12-21(18)31/h5-13,15,27H,14H2,1-4H3,(H,35,37)(H,32,33,34)/t27-/m1/s1. The van der Waals surface area contributed by atoms with Crippen LogP contribution in [-0.4, -0.2) is 42.0 Å². The van der Waals surface area contributed by atoms with E-state index >= 15 is 0 Å². The van der Waals surface area contributed by atoms with E-state index in [1.165, 1.54) is 13.4 Å². The van der Waals surface area contributed by atoms with Gasteiger partial charge in [0.1, 0.15) is 30.5 Å². The van der Waals surface area contributed by atoms with Gasteiger partial charge in [-0.3, -0.25) is 4.79 Å². The molecule has 0 saturated carbocycles. The molecule has 1 amide bonds. The van der Waals surface area contributed by atoms with E-state index in [-0.39, 0.29) is 12.5 Å². The third kappa shape index (κ3) is 5.75. The zero-order chi connectivity index (χ0) is 29.1. The monoisotopic (exact) mass is 595 g/mol. The number of anilines is 2. The summed E-state index contributed by atoms with van der Waals surface area (Å²) < 4.78 is 24.1. The smallest absolute Gasteiger partial charge is 0.255 e. The zero-order valence-electron chi connectivity index (χ0n) is 22.7. The Morgan fingerprint density at radius 3 is 2.51 bits per heavy atom. The molecule has 0 fully saturated rings. The Morgan fingerprint density at radius 2 is 1.78 bits per heavy atom. The van der Waals surface area contributed by atoms with Crippen LogP contribution in [0.4, 0.5) is 11.6 Å². The topological polar surface area (TPSA) is 109 Å². The highest BCUT2D eigenvalue weighted by Crippen LogP contribution is 2.40. The molecule has 0 unspecified atom stereocenters. The van der Waals surface area contributed by atoms with Gasteiger partial charge in [0, 0.05) is 27.4 Å². The number of halogens is 2. The molecule has 1 aliphatic rings. The first-order valence-corrected chi connectivity index (χ1v) is 13.2. The van der Waals surface area contributed by atoms with Crippen molar-refractivity contribution in [2.75, 3.05) is 32.0 Å². The molecule has 2 N–H and O–H groups in total. The van der Waals surface area contributed by atoms with Gasteiger partial charge in [0.2, 0.25) is 5.95 Å². The molecular weight excluding hydrogens is 569 g/mol. The lowest BCUT2D eigenvalue weighted by Crippen LogP contribution is -2.31. The third-order valence-corrected chi connectivity index (χ3v) is 7.18. The van der Waals surface area contributed by atoms with Crippen LogP contribution in [0.25, 0.3) is 0 Å². The second-order valence-corrected chi connectivity index (χ2v) is 9.89. The predicted molar refractivity (Wildman–Crippen MR) is 156 cm³/mol. The Bertz CT molecular complexity index is 1640. The number of nitrogens with zero attached hydrogens (tertiary/aromatic N) is 3. The van der Waals surface area contributed by atoms with Crippen LogP contribution >= 0.6 is 23.2 Å². The fraction of sp³-hybridized carbons (Fsp3) is 0.207. The van der Waals surface area contributed by atoms with Gasteiger partial charge in [0.05, 0.1) is 32.6 Å². The maximum atomic E-state index is 13.8. The predicted octanol–water partition coefficient (Wildman–Crippen LogP) is 6.12. The van der Waals surface area contributed by atoms with E-state index < -0.39 is 6.04 Å². The van der Waals surface area contributed by atoms with Gasteiger partial charge in [-0.2, -0.15) is 10.1 Å². The number of aromatic nitrogens is 3. The minimum Gasteiger partial charge on any atom is -0.497 e. The van der Waals surface area contributed by atoms with Crippen molar-refractivity contribution in [2.45, 2.75) is 19.6 Å². The summed E-state index contributed by atoms with van der Waals surface area (Å²) >= 11 is 12.3. The Hall–Kier alpha value is -4.41. The van der Waals surface area contributed by atoms with Gasteiger partial charge in [0.15, 0.2) is 11.5 Å². The van der Waals surface area contributed by atoms with Gasteiger partial charge in [-0.05, 0) is 48.9 Å². The Labute approximate surface area is 246 Å². The molecule has 4 aromatic rings. The highest BCUT2D eigenvalue weighted by Gasteiger charge is 2.34. The van der Waals surface area contributed by atoms with Crippen molar-refractivity contribution in [2.24, 2.45) is 0 Å². The van der Waals surface area contributed by atoms with E-state index in [9.17, 15) is 4.79 Å². The van der Waals surface area contributed by atoms with Gasteiger partial charge >= 0.3 is 0 Å². The largest absolute Gasteiger partial charge is 0.497 e. The van der Waals surface area contributed by atoms with Crippen molar-refractivity contribution in [1.82, 2.24) is 14.8 Å². The summed E-state index contributed by atoms with van der Waals surface area (Å²) in [5.41, 5.74) is 3.06. The van der Waals surface area contributed by atoms with Gasteiger partial charge < -0.3 is 29.6 Å². The summed E-state index contributed by atoms with van der Waals surface area (Å²) in [7, 11) is 4.64. The fourth-order valence-corrected chi connectivity index (χ4v) is 5.02. The normalized spacial score (nSPS) is 14.1. The van der Waals surface area contributed by atoms with Crippen LogP contribution in [0, 0.1) is 0 Å². The SMILES string of the molecule is COc1ccc(NC(=O)C2=C(C)Nc3ncnn3[C@@H]2c2ccc(OCc3ccc(Cl)cc3Cl)c(OC)c2)c(OC)c1. The van der Waals surface area contributed by atoms with Crippen LogP contribution in [0.1, 0.15) is 24.1 Å².